The molecule has 1 N–H and O–H groups in total. The van der Waals surface area contributed by atoms with Crippen LogP contribution in [-0.2, 0) is 0 Å². The van der Waals surface area contributed by atoms with E-state index in [1.807, 2.05) is 12.1 Å². The highest BCUT2D eigenvalue weighted by Gasteiger charge is 2.11. The van der Waals surface area contributed by atoms with E-state index in [0.717, 1.165) is 11.0 Å². The molecule has 0 aliphatic carbocycles. The molecule has 0 amide bonds. The van der Waals surface area contributed by atoms with Crippen LogP contribution in [-0.4, -0.2) is 24.2 Å². The van der Waals surface area contributed by atoms with E-state index in [-0.39, 0.29) is 0 Å². The zero-order valence-electron chi connectivity index (χ0n) is 7.80. The van der Waals surface area contributed by atoms with E-state index in [1.54, 1.807) is 14.2 Å². The van der Waals surface area contributed by atoms with Crippen molar-refractivity contribution in [3.8, 4) is 11.5 Å². The predicted molar refractivity (Wildman–Crippen MR) is 56.9 cm³/mol. The highest BCUT2D eigenvalue weighted by Crippen LogP contribution is 2.34. The number of rotatable bonds is 2. The average molecular weight is 257 g/mol. The molecule has 0 atom stereocenters. The quantitative estimate of drug-likeness (QED) is 0.898. The third-order valence-electron chi connectivity index (χ3n) is 1.97. The minimum absolute atomic E-state index is 0.645. The second kappa shape index (κ2) is 3.49. The van der Waals surface area contributed by atoms with Gasteiger partial charge in [0, 0.05) is 0 Å². The number of aromatic nitrogens is 2. The first kappa shape index (κ1) is 9.33. The molecular formula is C9H9BrN2O2. The number of hydrogen-bond acceptors (Lipinski definition) is 3. The first-order chi connectivity index (χ1) is 6.76. The Morgan fingerprint density at radius 2 is 2.07 bits per heavy atom. The summed E-state index contributed by atoms with van der Waals surface area (Å²) < 4.78 is 11.1. The smallest absolute Gasteiger partial charge is 0.188 e. The maximum atomic E-state index is 5.23. The number of H-pyrrole nitrogens is 1. The van der Waals surface area contributed by atoms with Gasteiger partial charge in [-0.1, -0.05) is 0 Å². The van der Waals surface area contributed by atoms with Crippen molar-refractivity contribution < 1.29 is 9.47 Å². The number of nitrogens with zero attached hydrogens (tertiary/aromatic N) is 1. The molecule has 14 heavy (non-hydrogen) atoms. The normalized spacial score (nSPS) is 10.5. The van der Waals surface area contributed by atoms with Crippen molar-refractivity contribution in [2.75, 3.05) is 14.2 Å². The maximum Gasteiger partial charge on any atom is 0.188 e. The first-order valence-corrected chi connectivity index (χ1v) is 4.81. The second-order valence-electron chi connectivity index (χ2n) is 2.72. The molecule has 0 spiro atoms. The van der Waals surface area contributed by atoms with Crippen molar-refractivity contribution in [1.29, 1.82) is 0 Å². The fourth-order valence-corrected chi connectivity index (χ4v) is 1.75. The van der Waals surface area contributed by atoms with Gasteiger partial charge in [0.25, 0.3) is 0 Å². The number of nitrogens with one attached hydrogen (secondary N) is 1. The van der Waals surface area contributed by atoms with Gasteiger partial charge in [-0.25, -0.2) is 4.98 Å². The number of fused-ring (bicyclic) bond motifs is 1. The van der Waals surface area contributed by atoms with Gasteiger partial charge in [-0.05, 0) is 28.1 Å². The van der Waals surface area contributed by atoms with Gasteiger partial charge < -0.3 is 14.5 Å². The number of imidazole rings is 1. The molecule has 5 heteroatoms. The van der Waals surface area contributed by atoms with E-state index in [4.69, 9.17) is 9.47 Å². The number of ether oxygens (including phenoxy) is 2. The van der Waals surface area contributed by atoms with Crippen LogP contribution in [0.4, 0.5) is 0 Å². The number of aromatic amines is 1. The van der Waals surface area contributed by atoms with Crippen LogP contribution in [0.2, 0.25) is 0 Å². The molecule has 0 unspecified atom stereocenters. The fourth-order valence-electron chi connectivity index (χ4n) is 1.36. The number of hydrogen-bond donors (Lipinski definition) is 1. The first-order valence-electron chi connectivity index (χ1n) is 4.02. The summed E-state index contributed by atoms with van der Waals surface area (Å²) in [6, 6.07) is 3.74. The van der Waals surface area contributed by atoms with Crippen molar-refractivity contribution in [3.05, 3.63) is 16.9 Å². The molecular weight excluding hydrogens is 248 g/mol. The van der Waals surface area contributed by atoms with E-state index in [1.165, 1.54) is 0 Å². The van der Waals surface area contributed by atoms with Gasteiger partial charge in [0.05, 0.1) is 19.7 Å². The highest BCUT2D eigenvalue weighted by molar-refractivity contribution is 9.10. The van der Waals surface area contributed by atoms with E-state index in [9.17, 15) is 0 Å². The Hall–Kier alpha value is -1.23. The van der Waals surface area contributed by atoms with Crippen molar-refractivity contribution in [1.82, 2.24) is 9.97 Å². The van der Waals surface area contributed by atoms with Crippen LogP contribution in [0.25, 0.3) is 11.0 Å². The van der Waals surface area contributed by atoms with Gasteiger partial charge in [-0.3, -0.25) is 0 Å². The molecule has 0 aliphatic rings. The Labute approximate surface area is 89.4 Å². The third-order valence-corrected chi connectivity index (χ3v) is 2.34. The second-order valence-corrected chi connectivity index (χ2v) is 3.48. The molecule has 0 saturated carbocycles. The zero-order chi connectivity index (χ0) is 10.1. The monoisotopic (exact) mass is 256 g/mol. The van der Waals surface area contributed by atoms with E-state index in [2.05, 4.69) is 25.9 Å². The van der Waals surface area contributed by atoms with Crippen LogP contribution >= 0.6 is 15.9 Å². The Bertz CT molecular complexity index is 467. The number of halogens is 1. The van der Waals surface area contributed by atoms with E-state index >= 15 is 0 Å². The molecule has 74 valence electrons. The average Bonchev–Trinajstić information content (AvgIpc) is 2.56. The molecule has 0 radical (unpaired) electrons. The van der Waals surface area contributed by atoms with Crippen LogP contribution in [0, 0.1) is 0 Å². The lowest BCUT2D eigenvalue weighted by Crippen LogP contribution is -1.90. The third kappa shape index (κ3) is 1.33. The Kier molecular flexibility index (Phi) is 2.33. The minimum Gasteiger partial charge on any atom is -0.493 e. The van der Waals surface area contributed by atoms with Crippen LogP contribution in [0.15, 0.2) is 16.9 Å². The van der Waals surface area contributed by atoms with Gasteiger partial charge in [0.15, 0.2) is 16.2 Å². The summed E-state index contributed by atoms with van der Waals surface area (Å²) in [6.45, 7) is 0. The topological polar surface area (TPSA) is 47.1 Å². The maximum absolute atomic E-state index is 5.23. The lowest BCUT2D eigenvalue weighted by atomic mass is 10.2. The molecule has 2 rings (SSSR count). The summed E-state index contributed by atoms with van der Waals surface area (Å²) in [7, 11) is 3.20. The fraction of sp³-hybridized carbons (Fsp3) is 0.222. The highest BCUT2D eigenvalue weighted by atomic mass is 79.9. The molecule has 1 aromatic carbocycles. The zero-order valence-corrected chi connectivity index (χ0v) is 9.38. The van der Waals surface area contributed by atoms with E-state index in [0.29, 0.717) is 16.2 Å². The van der Waals surface area contributed by atoms with Gasteiger partial charge in [0.2, 0.25) is 0 Å². The standard InChI is InChI=1S/C9H9BrN2O2/c1-13-6-4-3-5-7(8(6)14-2)12-9(10)11-5/h3-4H,1-2H3,(H,11,12). The lowest BCUT2D eigenvalue weighted by molar-refractivity contribution is 0.358. The minimum atomic E-state index is 0.645. The molecule has 1 heterocycles. The molecule has 1 aromatic heterocycles. The molecule has 0 saturated heterocycles. The predicted octanol–water partition coefficient (Wildman–Crippen LogP) is 2.34. The Morgan fingerprint density at radius 3 is 2.71 bits per heavy atom. The summed E-state index contributed by atoms with van der Waals surface area (Å²) in [5, 5.41) is 0. The van der Waals surface area contributed by atoms with Gasteiger partial charge in [-0.15, -0.1) is 0 Å². The van der Waals surface area contributed by atoms with Crippen LogP contribution in [0.3, 0.4) is 0 Å². The largest absolute Gasteiger partial charge is 0.493 e. The Morgan fingerprint density at radius 1 is 1.29 bits per heavy atom. The van der Waals surface area contributed by atoms with Crippen LogP contribution in [0.1, 0.15) is 0 Å². The van der Waals surface area contributed by atoms with Crippen LogP contribution in [0.5, 0.6) is 11.5 Å². The SMILES string of the molecule is COc1ccc2[nH]c(Br)nc2c1OC. The van der Waals surface area contributed by atoms with Gasteiger partial charge in [0.1, 0.15) is 5.52 Å². The summed E-state index contributed by atoms with van der Waals surface area (Å²) >= 11 is 3.27. The molecule has 0 fully saturated rings. The molecule has 0 bridgehead atoms. The molecule has 4 nitrogen and oxygen atoms in total. The van der Waals surface area contributed by atoms with E-state index < -0.39 is 0 Å². The summed E-state index contributed by atoms with van der Waals surface area (Å²) in [5.41, 5.74) is 1.67. The number of methoxy groups -OCH3 is 2. The van der Waals surface area contributed by atoms with Crippen LogP contribution < -0.4 is 9.47 Å². The van der Waals surface area contributed by atoms with Gasteiger partial charge in [-0.2, -0.15) is 0 Å². The van der Waals surface area contributed by atoms with Crippen molar-refractivity contribution in [2.24, 2.45) is 0 Å². The van der Waals surface area contributed by atoms with Crippen molar-refractivity contribution >= 4 is 27.0 Å². The van der Waals surface area contributed by atoms with Crippen molar-refractivity contribution in [2.45, 2.75) is 0 Å². The molecule has 2 aromatic rings. The summed E-state index contributed by atoms with van der Waals surface area (Å²) in [5.74, 6) is 1.32. The lowest BCUT2D eigenvalue weighted by Gasteiger charge is -2.06. The van der Waals surface area contributed by atoms with Crippen molar-refractivity contribution in [3.63, 3.8) is 0 Å². The summed E-state index contributed by atoms with van der Waals surface area (Å²) in [6.07, 6.45) is 0. The molecule has 0 aliphatic heterocycles. The van der Waals surface area contributed by atoms with Gasteiger partial charge >= 0.3 is 0 Å². The summed E-state index contributed by atoms with van der Waals surface area (Å²) in [4.78, 5) is 7.30. The Balaban J connectivity index is 2.75. The number of benzene rings is 1.